The van der Waals surface area contributed by atoms with Crippen LogP contribution in [-0.2, 0) is 0 Å². The van der Waals surface area contributed by atoms with E-state index in [0.29, 0.717) is 48.3 Å². The van der Waals surface area contributed by atoms with Crippen molar-refractivity contribution in [3.8, 4) is 0 Å². The fourth-order valence-corrected chi connectivity index (χ4v) is 5.56. The van der Waals surface area contributed by atoms with Crippen molar-refractivity contribution in [2.75, 3.05) is 13.1 Å². The van der Waals surface area contributed by atoms with Crippen LogP contribution in [0, 0.1) is 5.41 Å². The van der Waals surface area contributed by atoms with Crippen molar-refractivity contribution in [3.05, 3.63) is 0 Å². The molecule has 0 atom stereocenters. The second-order valence-corrected chi connectivity index (χ2v) is 13.8. The number of hydrogen-bond donors (Lipinski definition) is 1. The van der Waals surface area contributed by atoms with Gasteiger partial charge in [0.25, 0.3) is 0 Å². The van der Waals surface area contributed by atoms with Gasteiger partial charge >= 0.3 is 5.96 Å². The summed E-state index contributed by atoms with van der Waals surface area (Å²) in [4.78, 5) is 12.9. The summed E-state index contributed by atoms with van der Waals surface area (Å²) in [5.41, 5.74) is -0.0188. The topological polar surface area (TPSA) is 37.1 Å². The molecule has 0 heterocycles. The third-order valence-corrected chi connectivity index (χ3v) is 6.78. The summed E-state index contributed by atoms with van der Waals surface area (Å²) in [5.74, 6) is 2.37. The molecule has 0 amide bonds. The number of guanidine groups is 2. The fourth-order valence-electron chi connectivity index (χ4n) is 5.56. The summed E-state index contributed by atoms with van der Waals surface area (Å²) in [6.45, 7) is 42.9. The Morgan fingerprint density at radius 1 is 0.595 bits per heavy atom. The van der Waals surface area contributed by atoms with E-state index in [4.69, 9.17) is 4.99 Å². The lowest BCUT2D eigenvalue weighted by Crippen LogP contribution is -2.57. The SMILES string of the molecule is CC(C)N(C(=NCC(C)(C)CNC(N(C(C)C)C(C)C)=[N+](C(C)C)C(C)C)N(C(C)C)C(C)C)C(C)C. The maximum absolute atomic E-state index is 5.38. The van der Waals surface area contributed by atoms with Crippen molar-refractivity contribution < 1.29 is 4.58 Å². The van der Waals surface area contributed by atoms with Crippen LogP contribution >= 0.6 is 0 Å². The van der Waals surface area contributed by atoms with Crippen molar-refractivity contribution >= 4 is 11.9 Å². The third-order valence-electron chi connectivity index (χ3n) is 6.78. The molecule has 0 aliphatic heterocycles. The van der Waals surface area contributed by atoms with Crippen LogP contribution in [0.2, 0.25) is 0 Å². The summed E-state index contributed by atoms with van der Waals surface area (Å²) in [5, 5.41) is 3.93. The quantitative estimate of drug-likeness (QED) is 0.180. The zero-order chi connectivity index (χ0) is 29.4. The highest BCUT2D eigenvalue weighted by atomic mass is 15.4. The number of hydrogen-bond acceptors (Lipinski definition) is 1. The molecule has 0 saturated heterocycles. The molecule has 0 aliphatic carbocycles. The molecular formula is C31H67N6+. The zero-order valence-corrected chi connectivity index (χ0v) is 28.3. The average Bonchev–Trinajstić information content (AvgIpc) is 2.68. The lowest BCUT2D eigenvalue weighted by atomic mass is 9.93. The maximum atomic E-state index is 5.38. The van der Waals surface area contributed by atoms with Crippen LogP contribution < -0.4 is 5.32 Å². The Morgan fingerprint density at radius 3 is 1.19 bits per heavy atom. The van der Waals surface area contributed by atoms with Gasteiger partial charge in [0.15, 0.2) is 5.96 Å². The third kappa shape index (κ3) is 10.7. The van der Waals surface area contributed by atoms with E-state index in [2.05, 4.69) is 149 Å². The van der Waals surface area contributed by atoms with Crippen molar-refractivity contribution in [3.63, 3.8) is 0 Å². The minimum absolute atomic E-state index is 0.0188. The Morgan fingerprint density at radius 2 is 0.919 bits per heavy atom. The van der Waals surface area contributed by atoms with Crippen LogP contribution in [0.4, 0.5) is 0 Å². The monoisotopic (exact) mass is 524 g/mol. The van der Waals surface area contributed by atoms with E-state index in [0.717, 1.165) is 19.0 Å². The van der Waals surface area contributed by atoms with E-state index >= 15 is 0 Å². The van der Waals surface area contributed by atoms with Crippen molar-refractivity contribution in [2.45, 2.75) is 173 Å². The highest BCUT2D eigenvalue weighted by Crippen LogP contribution is 2.20. The maximum Gasteiger partial charge on any atom is 0.348 e. The van der Waals surface area contributed by atoms with Crippen LogP contribution in [0.5, 0.6) is 0 Å². The molecule has 0 spiro atoms. The highest BCUT2D eigenvalue weighted by Gasteiger charge is 2.33. The molecular weight excluding hydrogens is 456 g/mol. The second kappa shape index (κ2) is 15.2. The van der Waals surface area contributed by atoms with Gasteiger partial charge in [-0.15, -0.1) is 0 Å². The molecule has 1 N–H and O–H groups in total. The Bertz CT molecular complexity index is 657. The van der Waals surface area contributed by atoms with Gasteiger partial charge < -0.3 is 9.80 Å². The summed E-state index contributed by atoms with van der Waals surface area (Å²) in [6, 6.07) is 3.18. The van der Waals surface area contributed by atoms with Crippen LogP contribution in [0.25, 0.3) is 0 Å². The first-order valence-electron chi connectivity index (χ1n) is 15.0. The summed E-state index contributed by atoms with van der Waals surface area (Å²) in [7, 11) is 0. The smallest absolute Gasteiger partial charge is 0.338 e. The molecule has 0 rings (SSSR count). The molecule has 0 aromatic carbocycles. The number of nitrogens with one attached hydrogen (secondary N) is 1. The van der Waals surface area contributed by atoms with Crippen molar-refractivity contribution in [1.82, 2.24) is 20.0 Å². The van der Waals surface area contributed by atoms with Crippen LogP contribution in [0.15, 0.2) is 4.99 Å². The lowest BCUT2D eigenvalue weighted by molar-refractivity contribution is -0.594. The normalized spacial score (nSPS) is 12.6. The Hall–Kier alpha value is -1.46. The van der Waals surface area contributed by atoms with Gasteiger partial charge in [0.2, 0.25) is 0 Å². The molecule has 0 radical (unpaired) electrons. The molecule has 37 heavy (non-hydrogen) atoms. The van der Waals surface area contributed by atoms with E-state index in [-0.39, 0.29) is 5.41 Å². The zero-order valence-electron chi connectivity index (χ0n) is 28.3. The molecule has 220 valence electrons. The first kappa shape index (κ1) is 35.5. The molecule has 6 nitrogen and oxygen atoms in total. The van der Waals surface area contributed by atoms with Gasteiger partial charge in [-0.3, -0.25) is 19.8 Å². The molecule has 0 unspecified atom stereocenters. The van der Waals surface area contributed by atoms with Crippen LogP contribution in [0.3, 0.4) is 0 Å². The summed E-state index contributed by atoms with van der Waals surface area (Å²) >= 11 is 0. The Balaban J connectivity index is 6.43. The predicted molar refractivity (Wildman–Crippen MR) is 166 cm³/mol. The van der Waals surface area contributed by atoms with E-state index in [9.17, 15) is 0 Å². The molecule has 0 aromatic heterocycles. The molecule has 0 bridgehead atoms. The Labute approximate surface area is 233 Å². The standard InChI is InChI=1S/C31H66N6/c1-21(2)34(22(3)4)29(35(23(5)6)24(7)8)32-19-31(17,18)20-33-30(36(25(9)10)26(11)12)37(27(13)14)28(15)16/h21-28H,19-20H2,1-18H3/p+1. The first-order chi connectivity index (χ1) is 16.8. The fraction of sp³-hybridized carbons (Fsp3) is 0.935. The van der Waals surface area contributed by atoms with Crippen LogP contribution in [0.1, 0.15) is 125 Å². The lowest BCUT2D eigenvalue weighted by Gasteiger charge is -2.43. The molecule has 0 aliphatic rings. The van der Waals surface area contributed by atoms with E-state index < -0.39 is 0 Å². The number of rotatable bonds is 12. The average molecular weight is 524 g/mol. The minimum Gasteiger partial charge on any atom is -0.338 e. The summed E-state index contributed by atoms with van der Waals surface area (Å²) in [6.07, 6.45) is 0. The van der Waals surface area contributed by atoms with Gasteiger partial charge in [-0.1, -0.05) is 13.8 Å². The van der Waals surface area contributed by atoms with E-state index in [1.54, 1.807) is 0 Å². The number of aliphatic imine (C=N–C) groups is 1. The number of nitrogens with zero attached hydrogens (tertiary/aromatic N) is 5. The van der Waals surface area contributed by atoms with Gasteiger partial charge in [0.05, 0.1) is 37.3 Å². The molecule has 0 saturated carbocycles. The van der Waals surface area contributed by atoms with Crippen LogP contribution in [-0.4, -0.2) is 92.6 Å². The van der Waals surface area contributed by atoms with Gasteiger partial charge in [-0.2, -0.15) is 0 Å². The van der Waals surface area contributed by atoms with Crippen molar-refractivity contribution in [2.24, 2.45) is 10.4 Å². The van der Waals surface area contributed by atoms with Gasteiger partial charge in [-0.05, 0) is 111 Å². The largest absolute Gasteiger partial charge is 0.348 e. The second-order valence-electron chi connectivity index (χ2n) is 13.8. The van der Waals surface area contributed by atoms with Crippen molar-refractivity contribution in [1.29, 1.82) is 0 Å². The van der Waals surface area contributed by atoms with Gasteiger partial charge in [0, 0.05) is 29.6 Å². The van der Waals surface area contributed by atoms with Gasteiger partial charge in [-0.25, -0.2) is 0 Å². The van der Waals surface area contributed by atoms with E-state index in [1.165, 1.54) is 5.96 Å². The highest BCUT2D eigenvalue weighted by molar-refractivity contribution is 5.81. The minimum atomic E-state index is -0.0188. The molecule has 6 heteroatoms. The van der Waals surface area contributed by atoms with E-state index in [1.807, 2.05) is 0 Å². The molecule has 0 fully saturated rings. The molecule has 0 aromatic rings. The Kier molecular flexibility index (Phi) is 14.6. The summed E-state index contributed by atoms with van der Waals surface area (Å²) < 4.78 is 2.53. The van der Waals surface area contributed by atoms with Gasteiger partial charge in [0.1, 0.15) is 0 Å². The predicted octanol–water partition coefficient (Wildman–Crippen LogP) is 6.50. The first-order valence-corrected chi connectivity index (χ1v) is 15.0.